The highest BCUT2D eigenvalue weighted by atomic mass is 35.5. The average Bonchev–Trinajstić information content (AvgIpc) is 3.33. The van der Waals surface area contributed by atoms with Gasteiger partial charge in [-0.15, -0.1) is 12.4 Å². The quantitative estimate of drug-likeness (QED) is 0.343. The van der Waals surface area contributed by atoms with Crippen LogP contribution in [0.2, 0.25) is 0 Å². The molecule has 2 atom stereocenters. The summed E-state index contributed by atoms with van der Waals surface area (Å²) in [6.45, 7) is 6.25. The van der Waals surface area contributed by atoms with Crippen molar-refractivity contribution in [1.29, 1.82) is 0 Å². The van der Waals surface area contributed by atoms with Gasteiger partial charge in [0.1, 0.15) is 13.2 Å². The maximum Gasteiger partial charge on any atom is 0.163 e. The van der Waals surface area contributed by atoms with Crippen molar-refractivity contribution >= 4 is 28.9 Å². The summed E-state index contributed by atoms with van der Waals surface area (Å²) < 4.78 is 22.1. The number of hydrogen-bond acceptors (Lipinski definition) is 6. The molecule has 0 aromatic heterocycles. The first kappa shape index (κ1) is 27.1. The lowest BCUT2D eigenvalue weighted by molar-refractivity contribution is 0.132. The minimum Gasteiger partial charge on any atom is -0.487 e. The number of methoxy groups -OCH3 is 2. The smallest absolute Gasteiger partial charge is 0.163 e. The van der Waals surface area contributed by atoms with Crippen molar-refractivity contribution in [2.24, 2.45) is 0 Å². The molecule has 1 saturated heterocycles. The number of halogens is 1. The van der Waals surface area contributed by atoms with E-state index in [4.69, 9.17) is 18.9 Å². The van der Waals surface area contributed by atoms with Crippen LogP contribution in [0.5, 0.6) is 11.5 Å². The minimum absolute atomic E-state index is 0. The summed E-state index contributed by atoms with van der Waals surface area (Å²) in [6, 6.07) is 22.1. The van der Waals surface area contributed by atoms with Gasteiger partial charge in [-0.1, -0.05) is 42.5 Å². The van der Waals surface area contributed by atoms with E-state index in [1.807, 2.05) is 6.07 Å². The summed E-state index contributed by atoms with van der Waals surface area (Å²) in [5.41, 5.74) is 2.50. The van der Waals surface area contributed by atoms with Crippen LogP contribution >= 0.6 is 12.4 Å². The summed E-state index contributed by atoms with van der Waals surface area (Å²) in [4.78, 5) is 2.41. The van der Waals surface area contributed by atoms with E-state index in [0.29, 0.717) is 32.5 Å². The standard InChI is InChI=1S/C28H36N2O4.ClH/c1-21(25-10-6-8-22-7-4-5-9-26(22)25)29-23-13-14-30(20-23)24-11-12-27(33-17-15-31-2)28(19-24)34-18-16-32-3;/h4-12,19,21,23,29H,13-18,20H2,1-3H3;1H/t21-,23+;/m1./s1. The number of fused-ring (bicyclic) bond motifs is 1. The fourth-order valence-electron chi connectivity index (χ4n) is 4.60. The van der Waals surface area contributed by atoms with Gasteiger partial charge in [0.05, 0.1) is 13.2 Å². The summed E-state index contributed by atoms with van der Waals surface area (Å²) >= 11 is 0. The number of ether oxygens (including phenoxy) is 4. The van der Waals surface area contributed by atoms with Crippen molar-refractivity contribution in [2.75, 3.05) is 58.6 Å². The first-order chi connectivity index (χ1) is 16.7. The number of hydrogen-bond donors (Lipinski definition) is 1. The zero-order valence-corrected chi connectivity index (χ0v) is 21.7. The topological polar surface area (TPSA) is 52.2 Å². The molecular weight excluding hydrogens is 464 g/mol. The third kappa shape index (κ3) is 7.01. The van der Waals surface area contributed by atoms with E-state index in [1.54, 1.807) is 14.2 Å². The molecule has 0 bridgehead atoms. The molecule has 0 radical (unpaired) electrons. The first-order valence-corrected chi connectivity index (χ1v) is 12.1. The van der Waals surface area contributed by atoms with Gasteiger partial charge in [-0.05, 0) is 41.8 Å². The second-order valence-electron chi connectivity index (χ2n) is 8.70. The van der Waals surface area contributed by atoms with E-state index in [-0.39, 0.29) is 18.4 Å². The van der Waals surface area contributed by atoms with Crippen molar-refractivity contribution in [1.82, 2.24) is 5.32 Å². The second kappa shape index (κ2) is 13.5. The number of anilines is 1. The highest BCUT2D eigenvalue weighted by Gasteiger charge is 2.25. The molecule has 0 saturated carbocycles. The SMILES string of the molecule is COCCOc1ccc(N2CC[C@H](N[C@H](C)c3cccc4ccccc34)C2)cc1OCCOC.Cl. The third-order valence-corrected chi connectivity index (χ3v) is 6.35. The van der Waals surface area contributed by atoms with E-state index in [2.05, 4.69) is 71.7 Å². The van der Waals surface area contributed by atoms with E-state index in [9.17, 15) is 0 Å². The van der Waals surface area contributed by atoms with Crippen molar-refractivity contribution < 1.29 is 18.9 Å². The van der Waals surface area contributed by atoms with E-state index in [1.165, 1.54) is 16.3 Å². The summed E-state index contributed by atoms with van der Waals surface area (Å²) in [6.07, 6.45) is 1.10. The van der Waals surface area contributed by atoms with Gasteiger partial charge in [0.25, 0.3) is 0 Å². The van der Waals surface area contributed by atoms with Crippen LogP contribution in [-0.2, 0) is 9.47 Å². The number of nitrogens with zero attached hydrogens (tertiary/aromatic N) is 1. The van der Waals surface area contributed by atoms with Gasteiger partial charge in [-0.2, -0.15) is 0 Å². The molecule has 35 heavy (non-hydrogen) atoms. The molecule has 3 aromatic rings. The van der Waals surface area contributed by atoms with Gasteiger partial charge in [0.15, 0.2) is 11.5 Å². The van der Waals surface area contributed by atoms with Crippen LogP contribution in [0.4, 0.5) is 5.69 Å². The van der Waals surface area contributed by atoms with Gasteiger partial charge in [-0.25, -0.2) is 0 Å². The Bertz CT molecular complexity index is 1060. The molecule has 6 nitrogen and oxygen atoms in total. The highest BCUT2D eigenvalue weighted by molar-refractivity contribution is 5.86. The Labute approximate surface area is 214 Å². The second-order valence-corrected chi connectivity index (χ2v) is 8.70. The van der Waals surface area contributed by atoms with E-state index in [0.717, 1.165) is 36.7 Å². The summed E-state index contributed by atoms with van der Waals surface area (Å²) in [5.74, 6) is 1.47. The molecule has 1 fully saturated rings. The largest absolute Gasteiger partial charge is 0.487 e. The van der Waals surface area contributed by atoms with Crippen LogP contribution in [0.3, 0.4) is 0 Å². The maximum atomic E-state index is 5.97. The lowest BCUT2D eigenvalue weighted by atomic mass is 9.99. The lowest BCUT2D eigenvalue weighted by Crippen LogP contribution is -2.34. The average molecular weight is 501 g/mol. The zero-order chi connectivity index (χ0) is 23.8. The van der Waals surface area contributed by atoms with Crippen LogP contribution in [0.25, 0.3) is 10.8 Å². The van der Waals surface area contributed by atoms with Crippen molar-refractivity contribution in [3.05, 3.63) is 66.2 Å². The van der Waals surface area contributed by atoms with Crippen molar-refractivity contribution in [2.45, 2.75) is 25.4 Å². The molecule has 1 aliphatic heterocycles. The Morgan fingerprint density at radius 2 is 1.60 bits per heavy atom. The van der Waals surface area contributed by atoms with Crippen LogP contribution in [0, 0.1) is 0 Å². The highest BCUT2D eigenvalue weighted by Crippen LogP contribution is 2.34. The van der Waals surface area contributed by atoms with E-state index < -0.39 is 0 Å². The normalized spacial score (nSPS) is 16.2. The maximum absolute atomic E-state index is 5.97. The predicted molar refractivity (Wildman–Crippen MR) is 145 cm³/mol. The predicted octanol–water partition coefficient (Wildman–Crippen LogP) is 5.24. The number of nitrogens with one attached hydrogen (secondary N) is 1. The van der Waals surface area contributed by atoms with E-state index >= 15 is 0 Å². The van der Waals surface area contributed by atoms with Crippen molar-refractivity contribution in [3.8, 4) is 11.5 Å². The molecular formula is C28H37ClN2O4. The molecule has 4 rings (SSSR count). The lowest BCUT2D eigenvalue weighted by Gasteiger charge is -2.23. The molecule has 3 aromatic carbocycles. The van der Waals surface area contributed by atoms with Gasteiger partial charge in [0.2, 0.25) is 0 Å². The van der Waals surface area contributed by atoms with Crippen LogP contribution in [-0.4, -0.2) is 59.8 Å². The zero-order valence-electron chi connectivity index (χ0n) is 20.9. The molecule has 0 spiro atoms. The monoisotopic (exact) mass is 500 g/mol. The molecule has 1 heterocycles. The minimum atomic E-state index is 0. The molecule has 1 aliphatic rings. The van der Waals surface area contributed by atoms with Gasteiger partial charge in [-0.3, -0.25) is 0 Å². The fourth-order valence-corrected chi connectivity index (χ4v) is 4.60. The Morgan fingerprint density at radius 1 is 0.886 bits per heavy atom. The van der Waals surface area contributed by atoms with Crippen molar-refractivity contribution in [3.63, 3.8) is 0 Å². The Morgan fingerprint density at radius 3 is 2.37 bits per heavy atom. The molecule has 0 unspecified atom stereocenters. The summed E-state index contributed by atoms with van der Waals surface area (Å²) in [7, 11) is 3.34. The molecule has 1 N–H and O–H groups in total. The summed E-state index contributed by atoms with van der Waals surface area (Å²) in [5, 5.41) is 6.47. The van der Waals surface area contributed by atoms with Crippen LogP contribution in [0.15, 0.2) is 60.7 Å². The molecule has 190 valence electrons. The third-order valence-electron chi connectivity index (χ3n) is 6.35. The van der Waals surface area contributed by atoms with Crippen LogP contribution in [0.1, 0.15) is 24.9 Å². The first-order valence-electron chi connectivity index (χ1n) is 12.1. The Balaban J connectivity index is 0.00000342. The van der Waals surface area contributed by atoms with Gasteiger partial charge >= 0.3 is 0 Å². The molecule has 7 heteroatoms. The number of rotatable bonds is 12. The van der Waals surface area contributed by atoms with Gasteiger partial charge in [0, 0.05) is 51.1 Å². The van der Waals surface area contributed by atoms with Gasteiger partial charge < -0.3 is 29.2 Å². The Hall–Kier alpha value is -2.51. The molecule has 0 amide bonds. The molecule has 0 aliphatic carbocycles. The van der Waals surface area contributed by atoms with Crippen LogP contribution < -0.4 is 19.7 Å². The number of benzene rings is 3. The fraction of sp³-hybridized carbons (Fsp3) is 0.429. The Kier molecular flexibility index (Phi) is 10.5.